The topological polar surface area (TPSA) is 96.4 Å². The third-order valence-electron chi connectivity index (χ3n) is 8.11. The minimum absolute atomic E-state index is 0.0334. The summed E-state index contributed by atoms with van der Waals surface area (Å²) in [5.41, 5.74) is -1.17. The fraction of sp³-hybridized carbons (Fsp3) is 0.741. The molecule has 0 radical (unpaired) electrons. The van der Waals surface area contributed by atoms with Gasteiger partial charge in [0.25, 0.3) is 0 Å². The minimum Gasteiger partial charge on any atom is -0.461 e. The maximum atomic E-state index is 14.3. The zero-order valence-electron chi connectivity index (χ0n) is 21.7. The van der Waals surface area contributed by atoms with Crippen molar-refractivity contribution < 1.29 is 29.0 Å². The highest BCUT2D eigenvalue weighted by molar-refractivity contribution is 9.09. The van der Waals surface area contributed by atoms with Crippen molar-refractivity contribution >= 4 is 33.7 Å². The lowest BCUT2D eigenvalue weighted by atomic mass is 9.70. The van der Waals surface area contributed by atoms with Gasteiger partial charge < -0.3 is 24.4 Å². The van der Waals surface area contributed by atoms with Gasteiger partial charge in [-0.15, -0.1) is 6.58 Å². The zero-order valence-corrected chi connectivity index (χ0v) is 23.3. The summed E-state index contributed by atoms with van der Waals surface area (Å²) in [5, 5.41) is 10.4. The number of alkyl halides is 1. The van der Waals surface area contributed by atoms with Crippen LogP contribution in [-0.4, -0.2) is 87.6 Å². The first-order valence-corrected chi connectivity index (χ1v) is 14.1. The number of esters is 1. The highest BCUT2D eigenvalue weighted by atomic mass is 79.9. The quantitative estimate of drug-likeness (QED) is 0.150. The molecule has 3 fully saturated rings. The monoisotopic (exact) mass is 568 g/mol. The number of aliphatic hydroxyl groups is 1. The molecule has 0 aliphatic carbocycles. The minimum atomic E-state index is -1.17. The molecule has 2 amide bonds. The van der Waals surface area contributed by atoms with Gasteiger partial charge in [0.2, 0.25) is 11.8 Å². The van der Waals surface area contributed by atoms with Gasteiger partial charge in [0, 0.05) is 17.9 Å². The Morgan fingerprint density at radius 1 is 1.33 bits per heavy atom. The largest absolute Gasteiger partial charge is 0.461 e. The van der Waals surface area contributed by atoms with Gasteiger partial charge in [0.15, 0.2) is 0 Å². The van der Waals surface area contributed by atoms with Gasteiger partial charge in [-0.25, -0.2) is 0 Å². The van der Waals surface area contributed by atoms with Crippen molar-refractivity contribution in [1.82, 2.24) is 9.80 Å². The lowest BCUT2D eigenvalue weighted by Gasteiger charge is -2.41. The van der Waals surface area contributed by atoms with Crippen LogP contribution in [0.2, 0.25) is 0 Å². The van der Waals surface area contributed by atoms with E-state index in [1.165, 1.54) is 6.08 Å². The number of unbranched alkanes of at least 4 members (excludes halogenated alkanes) is 2. The Bertz CT molecular complexity index is 852. The summed E-state index contributed by atoms with van der Waals surface area (Å²) < 4.78 is 11.9. The van der Waals surface area contributed by atoms with E-state index >= 15 is 0 Å². The normalized spacial score (nSPS) is 32.2. The fourth-order valence-corrected chi connectivity index (χ4v) is 7.14. The molecule has 3 heterocycles. The predicted molar refractivity (Wildman–Crippen MR) is 140 cm³/mol. The SMILES string of the molecule is C=CCOC(=O)[C@H]1[C@H]2C(=O)N([C@@H](CO)[C@@H](C)CC)C(C(=O)N(CC=C)CCCCC)C23CC(Br)[C@@H]1O3. The van der Waals surface area contributed by atoms with Crippen molar-refractivity contribution in [3.05, 3.63) is 25.3 Å². The third kappa shape index (κ3) is 4.90. The second-order valence-corrected chi connectivity index (χ2v) is 11.4. The van der Waals surface area contributed by atoms with Crippen LogP contribution in [0.5, 0.6) is 0 Å². The molecule has 8 nitrogen and oxygen atoms in total. The average molecular weight is 570 g/mol. The Labute approximate surface area is 223 Å². The molecule has 3 aliphatic rings. The molecular formula is C27H41BrN2O6. The van der Waals surface area contributed by atoms with Crippen LogP contribution in [0.4, 0.5) is 0 Å². The number of carbonyl (C=O) groups excluding carboxylic acids is 3. The van der Waals surface area contributed by atoms with Crippen LogP contribution in [-0.2, 0) is 23.9 Å². The molecule has 1 N–H and O–H groups in total. The predicted octanol–water partition coefficient (Wildman–Crippen LogP) is 3.08. The number of hydrogen-bond donors (Lipinski definition) is 1. The molecule has 0 aromatic carbocycles. The van der Waals surface area contributed by atoms with Gasteiger partial charge in [-0.2, -0.15) is 0 Å². The maximum absolute atomic E-state index is 14.3. The van der Waals surface area contributed by atoms with E-state index in [2.05, 4.69) is 36.0 Å². The van der Waals surface area contributed by atoms with Crippen molar-refractivity contribution in [2.75, 3.05) is 26.3 Å². The van der Waals surface area contributed by atoms with Crippen molar-refractivity contribution in [2.24, 2.45) is 17.8 Å². The third-order valence-corrected chi connectivity index (χ3v) is 8.96. The van der Waals surface area contributed by atoms with Gasteiger partial charge in [-0.1, -0.05) is 74.7 Å². The number of rotatable bonds is 14. The van der Waals surface area contributed by atoms with Crippen LogP contribution in [0.3, 0.4) is 0 Å². The Morgan fingerprint density at radius 3 is 2.64 bits per heavy atom. The molecular weight excluding hydrogens is 528 g/mol. The summed E-state index contributed by atoms with van der Waals surface area (Å²) in [4.78, 5) is 44.6. The molecule has 3 rings (SSSR count). The number of ether oxygens (including phenoxy) is 2. The highest BCUT2D eigenvalue weighted by Crippen LogP contribution is 2.61. The second kappa shape index (κ2) is 12.2. The van der Waals surface area contributed by atoms with E-state index in [1.54, 1.807) is 15.9 Å². The number of likely N-dealkylation sites (tertiary alicyclic amines) is 1. The van der Waals surface area contributed by atoms with Crippen LogP contribution in [0.15, 0.2) is 25.3 Å². The molecule has 2 bridgehead atoms. The number of carbonyl (C=O) groups is 3. The summed E-state index contributed by atoms with van der Waals surface area (Å²) in [6.45, 7) is 14.1. The highest BCUT2D eigenvalue weighted by Gasteiger charge is 2.77. The van der Waals surface area contributed by atoms with Crippen molar-refractivity contribution in [1.29, 1.82) is 0 Å². The fourth-order valence-electron chi connectivity index (χ4n) is 6.20. The Hall–Kier alpha value is -1.71. The van der Waals surface area contributed by atoms with Gasteiger partial charge in [-0.05, 0) is 18.8 Å². The zero-order chi connectivity index (χ0) is 26.6. The number of nitrogens with zero attached hydrogens (tertiary/aromatic N) is 2. The van der Waals surface area contributed by atoms with Crippen LogP contribution < -0.4 is 0 Å². The van der Waals surface area contributed by atoms with Crippen LogP contribution in [0.25, 0.3) is 0 Å². The molecule has 0 aromatic rings. The average Bonchev–Trinajstić information content (AvgIpc) is 3.45. The summed E-state index contributed by atoms with van der Waals surface area (Å²) in [6, 6.07) is -1.51. The van der Waals surface area contributed by atoms with Gasteiger partial charge in [0.05, 0.1) is 30.6 Å². The molecule has 3 unspecified atom stereocenters. The van der Waals surface area contributed by atoms with E-state index in [9.17, 15) is 19.5 Å². The lowest BCUT2D eigenvalue weighted by molar-refractivity contribution is -0.156. The van der Waals surface area contributed by atoms with E-state index in [4.69, 9.17) is 9.47 Å². The molecule has 9 heteroatoms. The van der Waals surface area contributed by atoms with Gasteiger partial charge in [0.1, 0.15) is 18.2 Å². The Morgan fingerprint density at radius 2 is 2.06 bits per heavy atom. The number of hydrogen-bond acceptors (Lipinski definition) is 6. The summed E-state index contributed by atoms with van der Waals surface area (Å²) in [7, 11) is 0. The van der Waals surface area contributed by atoms with Crippen LogP contribution >= 0.6 is 15.9 Å². The molecule has 202 valence electrons. The Balaban J connectivity index is 2.09. The first-order valence-electron chi connectivity index (χ1n) is 13.2. The molecule has 3 saturated heterocycles. The maximum Gasteiger partial charge on any atom is 0.312 e. The number of amides is 2. The first-order chi connectivity index (χ1) is 17.2. The number of halogens is 1. The number of aliphatic hydroxyl groups excluding tert-OH is 1. The molecule has 36 heavy (non-hydrogen) atoms. The second-order valence-electron chi connectivity index (χ2n) is 10.2. The standard InChI is InChI=1S/C27H41BrN2O6/c1-6-10-11-13-29(12-7-2)25(33)23-27-15-18(28)22(36-27)20(26(34)35-14-8-3)21(27)24(32)30(23)19(16-31)17(5)9-4/h7-8,17-23,31H,2-3,6,9-16H2,1,4-5H3/t17-,18?,19-,20-,21-,22-,23?,27?/m0/s1. The van der Waals surface area contributed by atoms with Gasteiger partial charge >= 0.3 is 5.97 Å². The van der Waals surface area contributed by atoms with E-state index in [0.717, 1.165) is 25.7 Å². The first kappa shape index (κ1) is 28.9. The summed E-state index contributed by atoms with van der Waals surface area (Å²) >= 11 is 3.66. The van der Waals surface area contributed by atoms with E-state index in [-0.39, 0.29) is 35.8 Å². The summed E-state index contributed by atoms with van der Waals surface area (Å²) in [5.74, 6) is -2.79. The summed E-state index contributed by atoms with van der Waals surface area (Å²) in [6.07, 6.45) is 6.57. The van der Waals surface area contributed by atoms with Crippen molar-refractivity contribution in [3.8, 4) is 0 Å². The van der Waals surface area contributed by atoms with E-state index < -0.39 is 41.6 Å². The molecule has 3 aliphatic heterocycles. The smallest absolute Gasteiger partial charge is 0.312 e. The van der Waals surface area contributed by atoms with Crippen LogP contribution in [0, 0.1) is 17.8 Å². The molecule has 0 saturated carbocycles. The van der Waals surface area contributed by atoms with Crippen LogP contribution in [0.1, 0.15) is 52.9 Å². The molecule has 0 aromatic heterocycles. The van der Waals surface area contributed by atoms with Gasteiger partial charge in [-0.3, -0.25) is 14.4 Å². The Kier molecular flexibility index (Phi) is 9.80. The lowest BCUT2D eigenvalue weighted by Crippen LogP contribution is -2.60. The van der Waals surface area contributed by atoms with Crippen molar-refractivity contribution in [2.45, 2.75) is 81.5 Å². The number of fused-ring (bicyclic) bond motifs is 1. The van der Waals surface area contributed by atoms with E-state index in [1.807, 2.05) is 13.8 Å². The van der Waals surface area contributed by atoms with Crippen molar-refractivity contribution in [3.63, 3.8) is 0 Å². The molecule has 1 spiro atoms. The molecule has 8 atom stereocenters. The van der Waals surface area contributed by atoms with E-state index in [0.29, 0.717) is 19.5 Å².